The Morgan fingerprint density at radius 1 is 1.39 bits per heavy atom. The van der Waals surface area contributed by atoms with E-state index >= 15 is 0 Å². The number of carboxylic acid groups (broad SMARTS) is 1. The van der Waals surface area contributed by atoms with Crippen molar-refractivity contribution in [3.05, 3.63) is 46.6 Å². The van der Waals surface area contributed by atoms with E-state index in [2.05, 4.69) is 15.0 Å². The number of rotatable bonds is 3. The number of aromatic nitrogens is 3. The molecule has 118 valence electrons. The van der Waals surface area contributed by atoms with E-state index in [4.69, 9.17) is 0 Å². The van der Waals surface area contributed by atoms with Gasteiger partial charge in [0.2, 0.25) is 0 Å². The van der Waals surface area contributed by atoms with Crippen LogP contribution in [-0.2, 0) is 19.6 Å². The maximum absolute atomic E-state index is 14.2. The van der Waals surface area contributed by atoms with Crippen LogP contribution in [0.4, 0.5) is 4.39 Å². The van der Waals surface area contributed by atoms with Crippen molar-refractivity contribution in [3.8, 4) is 0 Å². The summed E-state index contributed by atoms with van der Waals surface area (Å²) < 4.78 is 16.7. The Morgan fingerprint density at radius 3 is 3.09 bits per heavy atom. The van der Waals surface area contributed by atoms with Crippen LogP contribution in [0.25, 0.3) is 10.1 Å². The van der Waals surface area contributed by atoms with E-state index in [1.54, 1.807) is 12.1 Å². The molecular weight excluding hydrogens is 319 g/mol. The maximum atomic E-state index is 14.2. The van der Waals surface area contributed by atoms with Crippen molar-refractivity contribution < 1.29 is 14.3 Å². The van der Waals surface area contributed by atoms with Crippen molar-refractivity contribution >= 4 is 27.4 Å². The minimum Gasteiger partial charge on any atom is -0.477 e. The van der Waals surface area contributed by atoms with E-state index in [1.165, 1.54) is 12.4 Å². The predicted octanol–water partition coefficient (Wildman–Crippen LogP) is 2.35. The van der Waals surface area contributed by atoms with Gasteiger partial charge in [0.1, 0.15) is 22.8 Å². The van der Waals surface area contributed by atoms with E-state index in [0.717, 1.165) is 23.7 Å². The van der Waals surface area contributed by atoms with Gasteiger partial charge in [-0.3, -0.25) is 4.90 Å². The second kappa shape index (κ2) is 5.39. The summed E-state index contributed by atoms with van der Waals surface area (Å²) in [6.07, 6.45) is 1.52. The van der Waals surface area contributed by atoms with Crippen molar-refractivity contribution in [2.75, 3.05) is 6.54 Å². The monoisotopic (exact) mass is 332 g/mol. The molecule has 8 heteroatoms. The Bertz CT molecular complexity index is 904. The quantitative estimate of drug-likeness (QED) is 0.797. The zero-order chi connectivity index (χ0) is 16.0. The molecule has 0 saturated heterocycles. The molecule has 4 rings (SSSR count). The Morgan fingerprint density at radius 2 is 2.26 bits per heavy atom. The lowest BCUT2D eigenvalue weighted by Gasteiger charge is -2.26. The molecule has 0 atom stereocenters. The average Bonchev–Trinajstić information content (AvgIpc) is 3.12. The number of aromatic carboxylic acids is 1. The second-order valence-electron chi connectivity index (χ2n) is 5.44. The number of fused-ring (bicyclic) bond motifs is 2. The molecule has 6 nitrogen and oxygen atoms in total. The summed E-state index contributed by atoms with van der Waals surface area (Å²) in [4.78, 5) is 18.0. The predicted molar refractivity (Wildman–Crippen MR) is 82.9 cm³/mol. The molecule has 2 aromatic heterocycles. The van der Waals surface area contributed by atoms with Gasteiger partial charge in [-0.2, -0.15) is 5.10 Å². The van der Waals surface area contributed by atoms with Gasteiger partial charge in [0.25, 0.3) is 0 Å². The van der Waals surface area contributed by atoms with E-state index in [9.17, 15) is 14.3 Å². The van der Waals surface area contributed by atoms with Gasteiger partial charge in [-0.15, -0.1) is 11.3 Å². The first-order valence-corrected chi connectivity index (χ1v) is 7.97. The molecule has 0 amide bonds. The van der Waals surface area contributed by atoms with Gasteiger partial charge in [-0.1, -0.05) is 6.07 Å². The summed E-state index contributed by atoms with van der Waals surface area (Å²) in [5.74, 6) is -0.546. The number of hydrogen-bond acceptors (Lipinski definition) is 5. The summed E-state index contributed by atoms with van der Waals surface area (Å²) in [6.45, 7) is 2.38. The van der Waals surface area contributed by atoms with Crippen LogP contribution in [0.15, 0.2) is 24.5 Å². The van der Waals surface area contributed by atoms with Gasteiger partial charge in [0, 0.05) is 28.7 Å². The third kappa shape index (κ3) is 2.40. The highest BCUT2D eigenvalue weighted by Gasteiger charge is 2.24. The molecule has 1 aliphatic heterocycles. The topological polar surface area (TPSA) is 71.2 Å². The molecule has 0 saturated carbocycles. The molecule has 0 unspecified atom stereocenters. The van der Waals surface area contributed by atoms with Gasteiger partial charge >= 0.3 is 5.97 Å². The Hall–Kier alpha value is -2.32. The van der Waals surface area contributed by atoms with Crippen LogP contribution in [0.1, 0.15) is 21.1 Å². The third-order valence-corrected chi connectivity index (χ3v) is 5.21. The fourth-order valence-electron chi connectivity index (χ4n) is 2.96. The van der Waals surface area contributed by atoms with Crippen molar-refractivity contribution in [3.63, 3.8) is 0 Å². The number of carboxylic acids is 1. The first-order valence-electron chi connectivity index (χ1n) is 7.15. The molecule has 1 aromatic carbocycles. The molecule has 3 heterocycles. The molecular formula is C15H13FN4O2S. The molecule has 0 aliphatic carbocycles. The van der Waals surface area contributed by atoms with Gasteiger partial charge in [-0.05, 0) is 12.1 Å². The minimum atomic E-state index is -1.01. The van der Waals surface area contributed by atoms with Crippen LogP contribution in [0.3, 0.4) is 0 Å². The van der Waals surface area contributed by atoms with Crippen molar-refractivity contribution in [2.45, 2.75) is 19.6 Å². The Balaban J connectivity index is 1.74. The lowest BCUT2D eigenvalue weighted by atomic mass is 10.1. The molecule has 0 fully saturated rings. The number of benzene rings is 1. The van der Waals surface area contributed by atoms with Crippen LogP contribution in [-0.4, -0.2) is 37.3 Å². The highest BCUT2D eigenvalue weighted by molar-refractivity contribution is 7.21. The lowest BCUT2D eigenvalue weighted by molar-refractivity contribution is 0.0699. The lowest BCUT2D eigenvalue weighted by Crippen LogP contribution is -2.34. The second-order valence-corrected chi connectivity index (χ2v) is 6.49. The highest BCUT2D eigenvalue weighted by atomic mass is 32.1. The number of thiophene rings is 1. The van der Waals surface area contributed by atoms with Crippen molar-refractivity contribution in [1.29, 1.82) is 0 Å². The van der Waals surface area contributed by atoms with Crippen LogP contribution in [0.2, 0.25) is 0 Å². The first-order chi connectivity index (χ1) is 11.1. The molecule has 3 aromatic rings. The number of nitrogens with zero attached hydrogens (tertiary/aromatic N) is 4. The van der Waals surface area contributed by atoms with Gasteiger partial charge in [0.05, 0.1) is 13.1 Å². The van der Waals surface area contributed by atoms with Crippen LogP contribution < -0.4 is 0 Å². The number of hydrogen-bond donors (Lipinski definition) is 1. The zero-order valence-electron chi connectivity index (χ0n) is 12.1. The van der Waals surface area contributed by atoms with Crippen molar-refractivity contribution in [1.82, 2.24) is 19.7 Å². The fourth-order valence-corrected chi connectivity index (χ4v) is 4.03. The van der Waals surface area contributed by atoms with Crippen LogP contribution >= 0.6 is 11.3 Å². The highest BCUT2D eigenvalue weighted by Crippen LogP contribution is 2.34. The Labute approximate surface area is 134 Å². The first kappa shape index (κ1) is 14.3. The van der Waals surface area contributed by atoms with E-state index in [-0.39, 0.29) is 10.7 Å². The molecule has 1 aliphatic rings. The smallest absolute Gasteiger partial charge is 0.346 e. The maximum Gasteiger partial charge on any atom is 0.346 e. The summed E-state index contributed by atoms with van der Waals surface area (Å²) in [7, 11) is 0. The summed E-state index contributed by atoms with van der Waals surface area (Å²) >= 11 is 1.12. The summed E-state index contributed by atoms with van der Waals surface area (Å²) in [6, 6.07) is 4.73. The molecule has 23 heavy (non-hydrogen) atoms. The average molecular weight is 332 g/mol. The number of carbonyl (C=O) groups is 1. The molecule has 0 radical (unpaired) electrons. The van der Waals surface area contributed by atoms with Gasteiger partial charge in [-0.25, -0.2) is 18.9 Å². The normalized spacial score (nSPS) is 15.0. The standard InChI is InChI=1S/C15H13FN4O2S/c16-10-2-1-3-11-13(10)9(14(23-11)15(21)22)6-19-4-5-20-12(7-19)17-8-18-20/h1-3,8H,4-7H2,(H,21,22). The van der Waals surface area contributed by atoms with E-state index in [0.29, 0.717) is 35.3 Å². The van der Waals surface area contributed by atoms with Crippen LogP contribution in [0.5, 0.6) is 0 Å². The van der Waals surface area contributed by atoms with Gasteiger partial charge < -0.3 is 5.11 Å². The minimum absolute atomic E-state index is 0.206. The zero-order valence-corrected chi connectivity index (χ0v) is 12.9. The molecule has 0 spiro atoms. The van der Waals surface area contributed by atoms with E-state index < -0.39 is 5.97 Å². The molecule has 1 N–H and O–H groups in total. The summed E-state index contributed by atoms with van der Waals surface area (Å²) in [5, 5.41) is 14.0. The Kier molecular flexibility index (Phi) is 3.35. The third-order valence-electron chi connectivity index (χ3n) is 4.03. The fraction of sp³-hybridized carbons (Fsp3) is 0.267. The number of halogens is 1. The van der Waals surface area contributed by atoms with Crippen LogP contribution in [0, 0.1) is 5.82 Å². The van der Waals surface area contributed by atoms with Crippen molar-refractivity contribution in [2.24, 2.45) is 0 Å². The summed E-state index contributed by atoms with van der Waals surface area (Å²) in [5.41, 5.74) is 0.545. The molecule has 0 bridgehead atoms. The largest absolute Gasteiger partial charge is 0.477 e. The SMILES string of the molecule is O=C(O)c1sc2cccc(F)c2c1CN1CCn2ncnc2C1. The van der Waals surface area contributed by atoms with E-state index in [1.807, 2.05) is 4.68 Å². The van der Waals surface area contributed by atoms with Gasteiger partial charge in [0.15, 0.2) is 0 Å².